The maximum atomic E-state index is 13.9. The molecule has 7 heteroatoms. The second kappa shape index (κ2) is 5.54. The lowest BCUT2D eigenvalue weighted by Crippen LogP contribution is -2.14. The molecule has 1 heterocycles. The summed E-state index contributed by atoms with van der Waals surface area (Å²) in [5.41, 5.74) is 3.55. The number of nitrogens with zero attached hydrogens (tertiary/aromatic N) is 1. The van der Waals surface area contributed by atoms with Crippen LogP contribution in [0, 0.1) is 17.5 Å². The molecule has 0 saturated heterocycles. The summed E-state index contributed by atoms with van der Waals surface area (Å²) < 4.78 is 41.5. The molecule has 0 atom stereocenters. The average Bonchev–Trinajstić information content (AvgIpc) is 2.39. The van der Waals surface area contributed by atoms with E-state index in [-0.39, 0.29) is 5.69 Å². The first-order valence-electron chi connectivity index (χ1n) is 5.43. The van der Waals surface area contributed by atoms with Crippen LogP contribution in [0.2, 0.25) is 0 Å². The van der Waals surface area contributed by atoms with Gasteiger partial charge in [-0.15, -0.1) is 11.8 Å². The fourth-order valence-corrected chi connectivity index (χ4v) is 2.09. The monoisotopic (exact) mass is 298 g/mol. The van der Waals surface area contributed by atoms with E-state index in [2.05, 4.69) is 4.98 Å². The molecule has 3 nitrogen and oxygen atoms in total. The van der Waals surface area contributed by atoms with E-state index < -0.39 is 34.6 Å². The van der Waals surface area contributed by atoms with E-state index in [1.165, 1.54) is 0 Å². The Kier molecular flexibility index (Phi) is 3.99. The number of pyridine rings is 1. The lowest BCUT2D eigenvalue weighted by atomic mass is 10.1. The molecule has 0 bridgehead atoms. The van der Waals surface area contributed by atoms with Gasteiger partial charge in [0.2, 0.25) is 0 Å². The molecule has 104 valence electrons. The van der Waals surface area contributed by atoms with Crippen molar-refractivity contribution in [1.82, 2.24) is 4.98 Å². The molecule has 2 rings (SSSR count). The highest BCUT2D eigenvalue weighted by Crippen LogP contribution is 2.30. The Hall–Kier alpha value is -2.02. The second-order valence-corrected chi connectivity index (χ2v) is 4.74. The minimum atomic E-state index is -0.956. The van der Waals surface area contributed by atoms with Gasteiger partial charge in [-0.25, -0.2) is 18.2 Å². The zero-order chi connectivity index (χ0) is 14.9. The van der Waals surface area contributed by atoms with Crippen LogP contribution in [-0.2, 0) is 0 Å². The molecule has 1 amide bonds. The molecule has 1 aromatic carbocycles. The van der Waals surface area contributed by atoms with Crippen molar-refractivity contribution in [3.8, 4) is 11.3 Å². The Bertz CT molecular complexity index is 668. The lowest BCUT2D eigenvalue weighted by Gasteiger charge is -2.08. The Labute approximate surface area is 117 Å². The molecule has 1 aromatic heterocycles. The predicted octanol–water partition coefficient (Wildman–Crippen LogP) is 2.99. The normalized spacial score (nSPS) is 10.6. The molecule has 0 aliphatic rings. The van der Waals surface area contributed by atoms with E-state index in [4.69, 9.17) is 5.73 Å². The minimum Gasteiger partial charge on any atom is -0.364 e. The number of amides is 1. The summed E-state index contributed by atoms with van der Waals surface area (Å²) in [5, 5.41) is 0. The Morgan fingerprint density at radius 1 is 1.15 bits per heavy atom. The van der Waals surface area contributed by atoms with Crippen LogP contribution in [-0.4, -0.2) is 17.1 Å². The maximum absolute atomic E-state index is 13.9. The van der Waals surface area contributed by atoms with Gasteiger partial charge in [-0.05, 0) is 30.5 Å². The summed E-state index contributed by atoms with van der Waals surface area (Å²) in [4.78, 5) is 15.0. The van der Waals surface area contributed by atoms with Crippen molar-refractivity contribution in [2.75, 3.05) is 6.26 Å². The van der Waals surface area contributed by atoms with E-state index in [0.717, 1.165) is 36.0 Å². The van der Waals surface area contributed by atoms with Crippen LogP contribution in [0.1, 0.15) is 10.5 Å². The lowest BCUT2D eigenvalue weighted by molar-refractivity contribution is 0.0995. The van der Waals surface area contributed by atoms with Crippen LogP contribution in [0.25, 0.3) is 11.3 Å². The summed E-state index contributed by atoms with van der Waals surface area (Å²) in [5.74, 6) is -3.76. The minimum absolute atomic E-state index is 0.269. The molecule has 0 saturated carbocycles. The second-order valence-electron chi connectivity index (χ2n) is 3.86. The summed E-state index contributed by atoms with van der Waals surface area (Å²) in [7, 11) is 0. The molecule has 2 aromatic rings. The van der Waals surface area contributed by atoms with Gasteiger partial charge in [0.1, 0.15) is 28.8 Å². The third kappa shape index (κ3) is 2.62. The summed E-state index contributed by atoms with van der Waals surface area (Å²) in [6.45, 7) is 0. The van der Waals surface area contributed by atoms with Gasteiger partial charge >= 0.3 is 0 Å². The largest absolute Gasteiger partial charge is 0.364 e. The van der Waals surface area contributed by atoms with Crippen molar-refractivity contribution in [2.45, 2.75) is 4.90 Å². The predicted molar refractivity (Wildman–Crippen MR) is 69.8 cm³/mol. The van der Waals surface area contributed by atoms with Crippen molar-refractivity contribution in [2.24, 2.45) is 5.73 Å². The molecule has 0 fully saturated rings. The van der Waals surface area contributed by atoms with E-state index >= 15 is 0 Å². The zero-order valence-corrected chi connectivity index (χ0v) is 11.1. The van der Waals surface area contributed by atoms with Crippen molar-refractivity contribution < 1.29 is 18.0 Å². The average molecular weight is 298 g/mol. The number of carbonyl (C=O) groups is 1. The number of primary amides is 1. The SMILES string of the molecule is CSc1cc(F)c(-c2nc(C(N)=O)ccc2F)c(F)c1. The quantitative estimate of drug-likeness (QED) is 0.886. The van der Waals surface area contributed by atoms with Gasteiger partial charge in [-0.3, -0.25) is 4.79 Å². The van der Waals surface area contributed by atoms with Gasteiger partial charge in [0.25, 0.3) is 5.91 Å². The van der Waals surface area contributed by atoms with E-state index in [0.29, 0.717) is 4.90 Å². The molecule has 2 N–H and O–H groups in total. The first-order valence-corrected chi connectivity index (χ1v) is 6.66. The first-order chi connectivity index (χ1) is 9.43. The fraction of sp³-hybridized carbons (Fsp3) is 0.0769. The van der Waals surface area contributed by atoms with Crippen LogP contribution < -0.4 is 5.73 Å². The first kappa shape index (κ1) is 14.4. The molecule has 0 aliphatic carbocycles. The molecular weight excluding hydrogens is 289 g/mol. The Morgan fingerprint density at radius 2 is 1.75 bits per heavy atom. The maximum Gasteiger partial charge on any atom is 0.267 e. The number of hydrogen-bond acceptors (Lipinski definition) is 3. The highest BCUT2D eigenvalue weighted by Gasteiger charge is 2.19. The number of aromatic nitrogens is 1. The number of thioether (sulfide) groups is 1. The van der Waals surface area contributed by atoms with Crippen LogP contribution in [0.15, 0.2) is 29.2 Å². The van der Waals surface area contributed by atoms with Crippen molar-refractivity contribution in [1.29, 1.82) is 0 Å². The van der Waals surface area contributed by atoms with Crippen molar-refractivity contribution in [3.63, 3.8) is 0 Å². The molecule has 0 unspecified atom stereocenters. The molecule has 0 spiro atoms. The van der Waals surface area contributed by atoms with Gasteiger partial charge in [0.15, 0.2) is 0 Å². The number of carbonyl (C=O) groups excluding carboxylic acids is 1. The van der Waals surface area contributed by atoms with Crippen molar-refractivity contribution >= 4 is 17.7 Å². The van der Waals surface area contributed by atoms with Gasteiger partial charge in [0, 0.05) is 4.90 Å². The highest BCUT2D eigenvalue weighted by atomic mass is 32.2. The van der Waals surface area contributed by atoms with Gasteiger partial charge in [-0.2, -0.15) is 0 Å². The number of halogens is 3. The fourth-order valence-electron chi connectivity index (χ4n) is 1.65. The topological polar surface area (TPSA) is 56.0 Å². The smallest absolute Gasteiger partial charge is 0.267 e. The Morgan fingerprint density at radius 3 is 2.25 bits per heavy atom. The molecule has 0 radical (unpaired) electrons. The highest BCUT2D eigenvalue weighted by molar-refractivity contribution is 7.98. The van der Waals surface area contributed by atoms with Crippen LogP contribution in [0.4, 0.5) is 13.2 Å². The standard InChI is InChI=1S/C13H9F3N2OS/c1-20-6-4-8(15)11(9(16)5-6)12-7(14)2-3-10(18-12)13(17)19/h2-5H,1H3,(H2,17,19). The number of benzene rings is 1. The summed E-state index contributed by atoms with van der Waals surface area (Å²) in [6.07, 6.45) is 1.65. The van der Waals surface area contributed by atoms with Gasteiger partial charge in [0.05, 0.1) is 5.56 Å². The zero-order valence-electron chi connectivity index (χ0n) is 10.3. The molecular formula is C13H9F3N2OS. The summed E-state index contributed by atoms with van der Waals surface area (Å²) in [6, 6.07) is 4.08. The summed E-state index contributed by atoms with van der Waals surface area (Å²) >= 11 is 1.14. The van der Waals surface area contributed by atoms with Crippen LogP contribution in [0.5, 0.6) is 0 Å². The van der Waals surface area contributed by atoms with Crippen LogP contribution >= 0.6 is 11.8 Å². The number of hydrogen-bond donors (Lipinski definition) is 1. The van der Waals surface area contributed by atoms with Gasteiger partial charge in [-0.1, -0.05) is 0 Å². The molecule has 0 aliphatic heterocycles. The Balaban J connectivity index is 2.68. The van der Waals surface area contributed by atoms with E-state index in [1.54, 1.807) is 6.26 Å². The van der Waals surface area contributed by atoms with E-state index in [9.17, 15) is 18.0 Å². The third-order valence-corrected chi connectivity index (χ3v) is 3.29. The van der Waals surface area contributed by atoms with Crippen molar-refractivity contribution in [3.05, 3.63) is 47.4 Å². The van der Waals surface area contributed by atoms with Crippen LogP contribution in [0.3, 0.4) is 0 Å². The van der Waals surface area contributed by atoms with E-state index in [1.807, 2.05) is 0 Å². The van der Waals surface area contributed by atoms with Gasteiger partial charge < -0.3 is 5.73 Å². The molecule has 20 heavy (non-hydrogen) atoms. The number of rotatable bonds is 3. The number of nitrogens with two attached hydrogens (primary N) is 1. The third-order valence-electron chi connectivity index (χ3n) is 2.59.